The van der Waals surface area contributed by atoms with Crippen LogP contribution in [0.4, 0.5) is 0 Å². The first-order valence-corrected chi connectivity index (χ1v) is 6.69. The number of aryl methyl sites for hydroxylation is 1. The quantitative estimate of drug-likeness (QED) is 0.688. The Kier molecular flexibility index (Phi) is 4.89. The predicted octanol–water partition coefficient (Wildman–Crippen LogP) is 3.22. The van der Waals surface area contributed by atoms with Gasteiger partial charge in [0.15, 0.2) is 0 Å². The van der Waals surface area contributed by atoms with Gasteiger partial charge >= 0.3 is 0 Å². The van der Waals surface area contributed by atoms with Crippen LogP contribution < -0.4 is 5.32 Å². The lowest BCUT2D eigenvalue weighted by molar-refractivity contribution is -0.117. The molecule has 0 aliphatic carbocycles. The molecule has 21 heavy (non-hydrogen) atoms. The molecule has 3 heteroatoms. The number of carbonyl (C=O) groups excluding carboxylic acids is 1. The van der Waals surface area contributed by atoms with Gasteiger partial charge in [-0.3, -0.25) is 4.79 Å². The molecule has 0 aromatic heterocycles. The van der Waals surface area contributed by atoms with Gasteiger partial charge in [0.2, 0.25) is 0 Å². The minimum Gasteiger partial charge on any atom is -0.347 e. The summed E-state index contributed by atoms with van der Waals surface area (Å²) < 4.78 is 0. The van der Waals surface area contributed by atoms with E-state index in [0.29, 0.717) is 6.54 Å². The molecule has 0 bridgehead atoms. The maximum absolute atomic E-state index is 12.0. The zero-order valence-electron chi connectivity index (χ0n) is 11.8. The van der Waals surface area contributed by atoms with Gasteiger partial charge in [0.1, 0.15) is 11.6 Å². The molecule has 0 saturated heterocycles. The minimum absolute atomic E-state index is 0.105. The van der Waals surface area contributed by atoms with E-state index >= 15 is 0 Å². The van der Waals surface area contributed by atoms with Gasteiger partial charge in [-0.1, -0.05) is 60.2 Å². The Morgan fingerprint density at radius 2 is 1.81 bits per heavy atom. The van der Waals surface area contributed by atoms with Crippen molar-refractivity contribution in [1.82, 2.24) is 5.32 Å². The van der Waals surface area contributed by atoms with Crippen LogP contribution in [0.2, 0.25) is 0 Å². The fourth-order valence-corrected chi connectivity index (χ4v) is 1.85. The van der Waals surface area contributed by atoms with Crippen LogP contribution in [-0.4, -0.2) is 5.91 Å². The Hall–Kier alpha value is -2.86. The second-order valence-electron chi connectivity index (χ2n) is 4.75. The Morgan fingerprint density at radius 1 is 1.14 bits per heavy atom. The van der Waals surface area contributed by atoms with Crippen LogP contribution in [0.15, 0.2) is 60.2 Å². The molecule has 0 unspecified atom stereocenters. The average molecular weight is 276 g/mol. The molecule has 0 fully saturated rings. The normalized spacial score (nSPS) is 10.8. The summed E-state index contributed by atoms with van der Waals surface area (Å²) in [6.45, 7) is 2.42. The Labute approximate surface area is 124 Å². The fraction of sp³-hybridized carbons (Fsp3) is 0.111. The summed E-state index contributed by atoms with van der Waals surface area (Å²) in [7, 11) is 0. The van der Waals surface area contributed by atoms with Gasteiger partial charge in [0.05, 0.1) is 0 Å². The molecule has 2 aromatic rings. The van der Waals surface area contributed by atoms with Crippen molar-refractivity contribution in [3.8, 4) is 6.07 Å². The molecule has 0 heterocycles. The number of nitrogens with zero attached hydrogens (tertiary/aromatic N) is 1. The number of amides is 1. The van der Waals surface area contributed by atoms with E-state index in [2.05, 4.69) is 5.32 Å². The van der Waals surface area contributed by atoms with E-state index in [1.54, 1.807) is 6.08 Å². The van der Waals surface area contributed by atoms with E-state index in [1.165, 1.54) is 5.56 Å². The van der Waals surface area contributed by atoms with E-state index in [1.807, 2.05) is 67.6 Å². The summed E-state index contributed by atoms with van der Waals surface area (Å²) in [5, 5.41) is 11.9. The molecule has 0 aliphatic rings. The van der Waals surface area contributed by atoms with Crippen LogP contribution >= 0.6 is 0 Å². The van der Waals surface area contributed by atoms with Crippen LogP contribution in [0.25, 0.3) is 6.08 Å². The number of rotatable bonds is 4. The van der Waals surface area contributed by atoms with Gasteiger partial charge < -0.3 is 5.32 Å². The third-order valence-corrected chi connectivity index (χ3v) is 3.05. The molecule has 1 N–H and O–H groups in total. The van der Waals surface area contributed by atoms with Crippen LogP contribution in [0, 0.1) is 18.3 Å². The zero-order valence-corrected chi connectivity index (χ0v) is 11.8. The van der Waals surface area contributed by atoms with Crippen molar-refractivity contribution in [2.75, 3.05) is 0 Å². The second-order valence-corrected chi connectivity index (χ2v) is 4.75. The Bertz CT molecular complexity index is 679. The van der Waals surface area contributed by atoms with E-state index in [4.69, 9.17) is 5.26 Å². The lowest BCUT2D eigenvalue weighted by atomic mass is 10.1. The van der Waals surface area contributed by atoms with E-state index in [-0.39, 0.29) is 11.5 Å². The van der Waals surface area contributed by atoms with Crippen molar-refractivity contribution in [2.24, 2.45) is 0 Å². The molecule has 2 rings (SSSR count). The summed E-state index contributed by atoms with van der Waals surface area (Å²) in [4.78, 5) is 12.0. The molecular formula is C18H16N2O. The molecule has 0 saturated carbocycles. The second kappa shape index (κ2) is 7.06. The number of benzene rings is 2. The largest absolute Gasteiger partial charge is 0.347 e. The lowest BCUT2D eigenvalue weighted by Crippen LogP contribution is -2.23. The van der Waals surface area contributed by atoms with Crippen molar-refractivity contribution in [1.29, 1.82) is 5.26 Å². The third-order valence-electron chi connectivity index (χ3n) is 3.05. The van der Waals surface area contributed by atoms with E-state index < -0.39 is 0 Å². The van der Waals surface area contributed by atoms with E-state index in [0.717, 1.165) is 11.1 Å². The SMILES string of the molecule is Cc1ccc(CNC(=O)/C(C#N)=C/c2ccccc2)cc1. The van der Waals surface area contributed by atoms with Gasteiger partial charge in [0.25, 0.3) is 5.91 Å². The van der Waals surface area contributed by atoms with Crippen molar-refractivity contribution in [2.45, 2.75) is 13.5 Å². The predicted molar refractivity (Wildman–Crippen MR) is 83.1 cm³/mol. The number of nitriles is 1. The summed E-state index contributed by atoms with van der Waals surface area (Å²) in [5.41, 5.74) is 3.12. The lowest BCUT2D eigenvalue weighted by Gasteiger charge is -2.05. The highest BCUT2D eigenvalue weighted by atomic mass is 16.1. The van der Waals surface area contributed by atoms with Crippen molar-refractivity contribution >= 4 is 12.0 Å². The zero-order chi connectivity index (χ0) is 15.1. The van der Waals surface area contributed by atoms with Crippen LogP contribution in [-0.2, 0) is 11.3 Å². The first kappa shape index (κ1) is 14.5. The molecule has 3 nitrogen and oxygen atoms in total. The molecule has 0 atom stereocenters. The Balaban J connectivity index is 2.03. The summed E-state index contributed by atoms with van der Waals surface area (Å²) in [6.07, 6.45) is 1.59. The number of hydrogen-bond acceptors (Lipinski definition) is 2. The number of carbonyl (C=O) groups is 1. The first-order chi connectivity index (χ1) is 10.2. The van der Waals surface area contributed by atoms with Crippen LogP contribution in [0.5, 0.6) is 0 Å². The average Bonchev–Trinajstić information content (AvgIpc) is 2.52. The standard InChI is InChI=1S/C18H16N2O/c1-14-7-9-16(10-8-14)13-20-18(21)17(12-19)11-15-5-3-2-4-6-15/h2-11H,13H2,1H3,(H,20,21)/b17-11+. The highest BCUT2D eigenvalue weighted by Gasteiger charge is 2.08. The van der Waals surface area contributed by atoms with E-state index in [9.17, 15) is 4.79 Å². The molecule has 1 amide bonds. The van der Waals surface area contributed by atoms with Gasteiger partial charge in [-0.25, -0.2) is 0 Å². The topological polar surface area (TPSA) is 52.9 Å². The maximum atomic E-state index is 12.0. The minimum atomic E-state index is -0.359. The van der Waals surface area contributed by atoms with Gasteiger partial charge in [0, 0.05) is 6.54 Å². The molecule has 2 aromatic carbocycles. The summed E-state index contributed by atoms with van der Waals surface area (Å²) in [6, 6.07) is 19.2. The molecular weight excluding hydrogens is 260 g/mol. The van der Waals surface area contributed by atoms with Crippen molar-refractivity contribution in [3.05, 3.63) is 76.9 Å². The van der Waals surface area contributed by atoms with Crippen LogP contribution in [0.3, 0.4) is 0 Å². The first-order valence-electron chi connectivity index (χ1n) is 6.69. The highest BCUT2D eigenvalue weighted by molar-refractivity contribution is 6.01. The fourth-order valence-electron chi connectivity index (χ4n) is 1.85. The summed E-state index contributed by atoms with van der Waals surface area (Å²) in [5.74, 6) is -0.359. The van der Waals surface area contributed by atoms with Crippen molar-refractivity contribution < 1.29 is 4.79 Å². The number of hydrogen-bond donors (Lipinski definition) is 1. The van der Waals surface area contributed by atoms with Gasteiger partial charge in [-0.2, -0.15) is 5.26 Å². The molecule has 0 aliphatic heterocycles. The molecule has 104 valence electrons. The van der Waals surface area contributed by atoms with Crippen LogP contribution in [0.1, 0.15) is 16.7 Å². The number of nitrogens with one attached hydrogen (secondary N) is 1. The summed E-state index contributed by atoms with van der Waals surface area (Å²) >= 11 is 0. The maximum Gasteiger partial charge on any atom is 0.262 e. The molecule has 0 radical (unpaired) electrons. The van der Waals surface area contributed by atoms with Crippen molar-refractivity contribution in [3.63, 3.8) is 0 Å². The smallest absolute Gasteiger partial charge is 0.262 e. The third kappa shape index (κ3) is 4.32. The monoisotopic (exact) mass is 276 g/mol. The highest BCUT2D eigenvalue weighted by Crippen LogP contribution is 2.07. The Morgan fingerprint density at radius 3 is 2.43 bits per heavy atom. The van der Waals surface area contributed by atoms with Gasteiger partial charge in [-0.15, -0.1) is 0 Å². The van der Waals surface area contributed by atoms with Gasteiger partial charge in [-0.05, 0) is 24.1 Å². The molecule has 0 spiro atoms.